The zero-order valence-electron chi connectivity index (χ0n) is 8.87. The van der Waals surface area contributed by atoms with Gasteiger partial charge in [0.25, 0.3) is 0 Å². The molecule has 0 fully saturated rings. The summed E-state index contributed by atoms with van der Waals surface area (Å²) in [5.74, 6) is -0.172. The lowest BCUT2D eigenvalue weighted by molar-refractivity contribution is -0.118. The highest BCUT2D eigenvalue weighted by Crippen LogP contribution is 2.20. The molecule has 4 heteroatoms. The summed E-state index contributed by atoms with van der Waals surface area (Å²) in [7, 11) is 0. The molecule has 4 N–H and O–H groups in total. The third-order valence-corrected chi connectivity index (χ3v) is 2.07. The van der Waals surface area contributed by atoms with E-state index in [1.165, 1.54) is 0 Å². The van der Waals surface area contributed by atoms with Crippen LogP contribution in [0, 0.1) is 11.3 Å². The predicted octanol–water partition coefficient (Wildman–Crippen LogP) is 1.86. The number of carbonyl (C=O) groups excluding carboxylic acids is 1. The van der Waals surface area contributed by atoms with Crippen LogP contribution in [0.1, 0.15) is 19.4 Å². The number of hydrogen-bond donors (Lipinski definition) is 3. The number of rotatable bonds is 3. The molecule has 1 aromatic rings. The lowest BCUT2D eigenvalue weighted by atomic mass is 10.1. The molecular weight excluding hydrogens is 190 g/mol. The van der Waals surface area contributed by atoms with Gasteiger partial charge in [-0.15, -0.1) is 0 Å². The van der Waals surface area contributed by atoms with Gasteiger partial charge in [-0.1, -0.05) is 19.9 Å². The van der Waals surface area contributed by atoms with Gasteiger partial charge in [0.2, 0.25) is 5.91 Å². The third-order valence-electron chi connectivity index (χ3n) is 2.07. The van der Waals surface area contributed by atoms with Gasteiger partial charge in [0, 0.05) is 23.4 Å². The first-order valence-electron chi connectivity index (χ1n) is 4.76. The minimum Gasteiger partial charge on any atom is -0.398 e. The van der Waals surface area contributed by atoms with E-state index in [2.05, 4.69) is 5.32 Å². The molecule has 0 atom stereocenters. The number of nitrogens with one attached hydrogen (secondary N) is 2. The summed E-state index contributed by atoms with van der Waals surface area (Å²) in [4.78, 5) is 11.5. The molecule has 80 valence electrons. The van der Waals surface area contributed by atoms with E-state index in [4.69, 9.17) is 11.1 Å². The van der Waals surface area contributed by atoms with E-state index in [9.17, 15) is 4.79 Å². The molecular formula is C11H15N3O. The largest absolute Gasteiger partial charge is 0.398 e. The van der Waals surface area contributed by atoms with Crippen LogP contribution < -0.4 is 11.1 Å². The Morgan fingerprint density at radius 1 is 1.53 bits per heavy atom. The van der Waals surface area contributed by atoms with E-state index in [-0.39, 0.29) is 11.8 Å². The highest BCUT2D eigenvalue weighted by atomic mass is 16.1. The summed E-state index contributed by atoms with van der Waals surface area (Å²) < 4.78 is 0. The van der Waals surface area contributed by atoms with Gasteiger partial charge in [-0.2, -0.15) is 0 Å². The highest BCUT2D eigenvalue weighted by molar-refractivity contribution is 6.00. The minimum absolute atomic E-state index is 0.0799. The van der Waals surface area contributed by atoms with E-state index in [0.29, 0.717) is 16.9 Å². The molecule has 1 aromatic carbocycles. The second-order valence-electron chi connectivity index (χ2n) is 3.60. The Labute approximate surface area is 89.0 Å². The van der Waals surface area contributed by atoms with E-state index in [1.54, 1.807) is 18.2 Å². The van der Waals surface area contributed by atoms with Crippen molar-refractivity contribution in [1.29, 1.82) is 5.41 Å². The number of anilines is 2. The number of benzene rings is 1. The molecule has 0 aliphatic heterocycles. The quantitative estimate of drug-likeness (QED) is 0.520. The first-order chi connectivity index (χ1) is 7.06. The molecule has 0 aliphatic carbocycles. The predicted molar refractivity (Wildman–Crippen MR) is 62.2 cm³/mol. The van der Waals surface area contributed by atoms with E-state index >= 15 is 0 Å². The van der Waals surface area contributed by atoms with E-state index < -0.39 is 0 Å². The number of nitrogens with two attached hydrogens (primary N) is 1. The molecule has 15 heavy (non-hydrogen) atoms. The molecule has 0 aromatic heterocycles. The van der Waals surface area contributed by atoms with Crippen molar-refractivity contribution in [3.63, 3.8) is 0 Å². The number of nitrogen functional groups attached to an aromatic ring is 1. The van der Waals surface area contributed by atoms with E-state index in [0.717, 1.165) is 6.21 Å². The van der Waals surface area contributed by atoms with Crippen LogP contribution in [0.15, 0.2) is 18.2 Å². The van der Waals surface area contributed by atoms with Crippen molar-refractivity contribution in [3.05, 3.63) is 23.8 Å². The van der Waals surface area contributed by atoms with Crippen molar-refractivity contribution in [2.75, 3.05) is 11.1 Å². The van der Waals surface area contributed by atoms with Gasteiger partial charge in [-0.25, -0.2) is 0 Å². The summed E-state index contributed by atoms with van der Waals surface area (Å²) in [6.45, 7) is 3.62. The standard InChI is InChI=1S/C11H15N3O/c1-7(2)11(15)14-10-5-3-4-9(13)8(10)6-12/h3-7,12H,13H2,1-2H3,(H,14,15). The zero-order valence-corrected chi connectivity index (χ0v) is 8.87. The normalized spacial score (nSPS) is 10.1. The SMILES string of the molecule is CC(C)C(=O)Nc1cccc(N)c1C=N. The molecule has 0 bridgehead atoms. The smallest absolute Gasteiger partial charge is 0.226 e. The Morgan fingerprint density at radius 2 is 2.20 bits per heavy atom. The maximum Gasteiger partial charge on any atom is 0.226 e. The fraction of sp³-hybridized carbons (Fsp3) is 0.273. The maximum absolute atomic E-state index is 11.5. The fourth-order valence-corrected chi connectivity index (χ4v) is 1.13. The molecule has 0 aliphatic rings. The van der Waals surface area contributed by atoms with Crippen LogP contribution in [-0.4, -0.2) is 12.1 Å². The van der Waals surface area contributed by atoms with Crippen LogP contribution >= 0.6 is 0 Å². The van der Waals surface area contributed by atoms with Crippen molar-refractivity contribution in [1.82, 2.24) is 0 Å². The molecule has 0 radical (unpaired) electrons. The lowest BCUT2D eigenvalue weighted by Crippen LogP contribution is -2.19. The maximum atomic E-state index is 11.5. The van der Waals surface area contributed by atoms with Crippen LogP contribution in [0.3, 0.4) is 0 Å². The van der Waals surface area contributed by atoms with Gasteiger partial charge in [-0.3, -0.25) is 4.79 Å². The Balaban J connectivity index is 2.99. The van der Waals surface area contributed by atoms with Crippen molar-refractivity contribution >= 4 is 23.5 Å². The van der Waals surface area contributed by atoms with Gasteiger partial charge >= 0.3 is 0 Å². The summed E-state index contributed by atoms with van der Waals surface area (Å²) in [5.41, 5.74) is 7.31. The first kappa shape index (κ1) is 11.2. The number of hydrogen-bond acceptors (Lipinski definition) is 3. The molecule has 4 nitrogen and oxygen atoms in total. The van der Waals surface area contributed by atoms with Crippen LogP contribution in [-0.2, 0) is 4.79 Å². The highest BCUT2D eigenvalue weighted by Gasteiger charge is 2.10. The molecule has 1 amide bonds. The summed E-state index contributed by atoms with van der Waals surface area (Å²) in [6.07, 6.45) is 1.14. The summed E-state index contributed by atoms with van der Waals surface area (Å²) >= 11 is 0. The van der Waals surface area contributed by atoms with Crippen LogP contribution in [0.4, 0.5) is 11.4 Å². The van der Waals surface area contributed by atoms with Gasteiger partial charge in [0.05, 0.1) is 5.69 Å². The average Bonchev–Trinajstić information content (AvgIpc) is 2.18. The molecule has 0 heterocycles. The van der Waals surface area contributed by atoms with Gasteiger partial charge in [0.1, 0.15) is 0 Å². The number of amides is 1. The minimum atomic E-state index is -0.0926. The van der Waals surface area contributed by atoms with Crippen molar-refractivity contribution < 1.29 is 4.79 Å². The zero-order chi connectivity index (χ0) is 11.4. The van der Waals surface area contributed by atoms with Gasteiger partial charge < -0.3 is 16.5 Å². The second-order valence-corrected chi connectivity index (χ2v) is 3.60. The van der Waals surface area contributed by atoms with Crippen molar-refractivity contribution in [3.8, 4) is 0 Å². The Hall–Kier alpha value is -1.84. The average molecular weight is 205 g/mol. The Morgan fingerprint density at radius 3 is 2.73 bits per heavy atom. The first-order valence-corrected chi connectivity index (χ1v) is 4.76. The monoisotopic (exact) mass is 205 g/mol. The number of carbonyl (C=O) groups is 1. The van der Waals surface area contributed by atoms with Crippen molar-refractivity contribution in [2.45, 2.75) is 13.8 Å². The Kier molecular flexibility index (Phi) is 3.44. The van der Waals surface area contributed by atoms with Crippen LogP contribution in [0.25, 0.3) is 0 Å². The summed E-state index contributed by atoms with van der Waals surface area (Å²) in [5, 5.41) is 9.95. The molecule has 0 unspecified atom stereocenters. The van der Waals surface area contributed by atoms with Gasteiger partial charge in [0.15, 0.2) is 0 Å². The van der Waals surface area contributed by atoms with Crippen molar-refractivity contribution in [2.24, 2.45) is 5.92 Å². The molecule has 1 rings (SSSR count). The lowest BCUT2D eigenvalue weighted by Gasteiger charge is -2.11. The van der Waals surface area contributed by atoms with Crippen LogP contribution in [0.5, 0.6) is 0 Å². The van der Waals surface area contributed by atoms with Gasteiger partial charge in [-0.05, 0) is 12.1 Å². The van der Waals surface area contributed by atoms with E-state index in [1.807, 2.05) is 13.8 Å². The molecule has 0 saturated carbocycles. The molecule has 0 saturated heterocycles. The summed E-state index contributed by atoms with van der Waals surface area (Å²) in [6, 6.07) is 5.18. The second kappa shape index (κ2) is 4.59. The van der Waals surface area contributed by atoms with Crippen LogP contribution in [0.2, 0.25) is 0 Å². The Bertz CT molecular complexity index is 385. The fourth-order valence-electron chi connectivity index (χ4n) is 1.13. The molecule has 0 spiro atoms. The third kappa shape index (κ3) is 2.56. The topological polar surface area (TPSA) is 79.0 Å².